The lowest BCUT2D eigenvalue weighted by Crippen LogP contribution is -2.11. The highest BCUT2D eigenvalue weighted by molar-refractivity contribution is 6.03. The number of unbranched alkanes of at least 4 members (excludes halogenated alkanes) is 1. The molecule has 0 bridgehead atoms. The van der Waals surface area contributed by atoms with Crippen molar-refractivity contribution in [2.75, 3.05) is 0 Å². The Morgan fingerprint density at radius 1 is 1.69 bits per heavy atom. The SMILES string of the molecule is CCCC[C@@H]1N=C(N)C(C#N)=C1O. The Balaban J connectivity index is 2.73. The van der Waals surface area contributed by atoms with Crippen molar-refractivity contribution >= 4 is 5.84 Å². The molecule has 1 aliphatic heterocycles. The van der Waals surface area contributed by atoms with E-state index in [1.165, 1.54) is 0 Å². The summed E-state index contributed by atoms with van der Waals surface area (Å²) in [5.41, 5.74) is 5.59. The van der Waals surface area contributed by atoms with Crippen molar-refractivity contribution in [3.63, 3.8) is 0 Å². The van der Waals surface area contributed by atoms with Crippen molar-refractivity contribution in [3.05, 3.63) is 11.3 Å². The van der Waals surface area contributed by atoms with E-state index in [1.54, 1.807) is 0 Å². The number of aliphatic imine (C=N–C) groups is 1. The van der Waals surface area contributed by atoms with E-state index in [2.05, 4.69) is 11.9 Å². The van der Waals surface area contributed by atoms with E-state index in [0.717, 1.165) is 19.3 Å². The van der Waals surface area contributed by atoms with Crippen LogP contribution in [-0.4, -0.2) is 17.0 Å². The number of rotatable bonds is 3. The average molecular weight is 179 g/mol. The molecule has 13 heavy (non-hydrogen) atoms. The highest BCUT2D eigenvalue weighted by Crippen LogP contribution is 2.21. The summed E-state index contributed by atoms with van der Waals surface area (Å²) >= 11 is 0. The third-order valence-electron chi connectivity index (χ3n) is 2.07. The van der Waals surface area contributed by atoms with Gasteiger partial charge in [-0.3, -0.25) is 4.99 Å². The Morgan fingerprint density at radius 2 is 2.38 bits per heavy atom. The zero-order valence-corrected chi connectivity index (χ0v) is 7.62. The standard InChI is InChI=1S/C9H13N3O/c1-2-3-4-7-8(13)6(5-10)9(11)12-7/h7,13H,2-4H2,1H3,(H2,11,12)/t7-/m0/s1. The van der Waals surface area contributed by atoms with E-state index in [-0.39, 0.29) is 23.2 Å². The fraction of sp³-hybridized carbons (Fsp3) is 0.556. The molecule has 0 unspecified atom stereocenters. The predicted molar refractivity (Wildman–Crippen MR) is 50.2 cm³/mol. The molecule has 4 nitrogen and oxygen atoms in total. The van der Waals surface area contributed by atoms with Crippen molar-refractivity contribution in [2.24, 2.45) is 10.7 Å². The van der Waals surface area contributed by atoms with E-state index in [4.69, 9.17) is 11.0 Å². The zero-order valence-electron chi connectivity index (χ0n) is 7.62. The van der Waals surface area contributed by atoms with Crippen molar-refractivity contribution < 1.29 is 5.11 Å². The number of hydrogen-bond acceptors (Lipinski definition) is 4. The summed E-state index contributed by atoms with van der Waals surface area (Å²) in [6.45, 7) is 2.06. The molecule has 0 aliphatic carbocycles. The van der Waals surface area contributed by atoms with Crippen molar-refractivity contribution in [1.82, 2.24) is 0 Å². The third kappa shape index (κ3) is 1.81. The number of aliphatic hydroxyl groups is 1. The maximum absolute atomic E-state index is 9.51. The smallest absolute Gasteiger partial charge is 0.140 e. The minimum atomic E-state index is -0.283. The van der Waals surface area contributed by atoms with Gasteiger partial charge in [0.15, 0.2) is 0 Å². The first kappa shape index (κ1) is 9.59. The largest absolute Gasteiger partial charge is 0.508 e. The molecule has 1 atom stereocenters. The molecule has 0 spiro atoms. The molecule has 1 rings (SSSR count). The van der Waals surface area contributed by atoms with Gasteiger partial charge in [0.05, 0.1) is 0 Å². The predicted octanol–water partition coefficient (Wildman–Crippen LogP) is 1.25. The molecule has 0 radical (unpaired) electrons. The Labute approximate surface area is 77.4 Å². The number of aliphatic hydroxyl groups excluding tert-OH is 1. The Hall–Kier alpha value is -1.50. The molecule has 0 aromatic carbocycles. The van der Waals surface area contributed by atoms with E-state index in [9.17, 15) is 5.11 Å². The Kier molecular flexibility index (Phi) is 2.91. The van der Waals surface area contributed by atoms with Crippen molar-refractivity contribution in [1.29, 1.82) is 5.26 Å². The molecule has 0 saturated heterocycles. The van der Waals surface area contributed by atoms with Crippen LogP contribution in [-0.2, 0) is 0 Å². The van der Waals surface area contributed by atoms with Crippen LogP contribution in [0.5, 0.6) is 0 Å². The topological polar surface area (TPSA) is 82.4 Å². The third-order valence-corrected chi connectivity index (χ3v) is 2.07. The van der Waals surface area contributed by atoms with Gasteiger partial charge in [-0.1, -0.05) is 19.8 Å². The number of nitrogens with zero attached hydrogens (tertiary/aromatic N) is 2. The molecule has 70 valence electrons. The number of amidine groups is 1. The molecule has 1 heterocycles. The second-order valence-corrected chi connectivity index (χ2v) is 3.04. The minimum Gasteiger partial charge on any atom is -0.508 e. The quantitative estimate of drug-likeness (QED) is 0.684. The summed E-state index contributed by atoms with van der Waals surface area (Å²) in [6.07, 6.45) is 2.78. The Bertz CT molecular complexity index is 298. The summed E-state index contributed by atoms with van der Waals surface area (Å²) in [7, 11) is 0. The van der Waals surface area contributed by atoms with Gasteiger partial charge in [0, 0.05) is 0 Å². The first-order valence-electron chi connectivity index (χ1n) is 4.37. The molecule has 0 aromatic rings. The highest BCUT2D eigenvalue weighted by Gasteiger charge is 2.25. The first-order valence-corrected chi connectivity index (χ1v) is 4.37. The van der Waals surface area contributed by atoms with Gasteiger partial charge >= 0.3 is 0 Å². The summed E-state index contributed by atoms with van der Waals surface area (Å²) in [6, 6.07) is 1.56. The summed E-state index contributed by atoms with van der Waals surface area (Å²) in [5, 5.41) is 18.1. The second kappa shape index (κ2) is 3.94. The van der Waals surface area contributed by atoms with Gasteiger partial charge in [-0.05, 0) is 6.42 Å². The highest BCUT2D eigenvalue weighted by atomic mass is 16.3. The number of hydrogen-bond donors (Lipinski definition) is 2. The van der Waals surface area contributed by atoms with Gasteiger partial charge < -0.3 is 10.8 Å². The van der Waals surface area contributed by atoms with E-state index in [0.29, 0.717) is 0 Å². The molecule has 1 aliphatic rings. The van der Waals surface area contributed by atoms with E-state index >= 15 is 0 Å². The minimum absolute atomic E-state index is 0.0356. The molecule has 0 amide bonds. The summed E-state index contributed by atoms with van der Waals surface area (Å²) in [5.74, 6) is 0.203. The molecular weight excluding hydrogens is 166 g/mol. The van der Waals surface area contributed by atoms with Crippen molar-refractivity contribution in [2.45, 2.75) is 32.2 Å². The lowest BCUT2D eigenvalue weighted by Gasteiger charge is -2.05. The molecule has 0 fully saturated rings. The maximum atomic E-state index is 9.51. The van der Waals surface area contributed by atoms with Gasteiger partial charge in [-0.2, -0.15) is 5.26 Å². The molecule has 0 saturated carbocycles. The molecule has 0 aromatic heterocycles. The first-order chi connectivity index (χ1) is 6.20. The number of nitriles is 1. The second-order valence-electron chi connectivity index (χ2n) is 3.04. The Morgan fingerprint density at radius 3 is 2.85 bits per heavy atom. The van der Waals surface area contributed by atoms with Gasteiger partial charge in [0.25, 0.3) is 0 Å². The molecular formula is C9H13N3O. The number of nitrogens with two attached hydrogens (primary N) is 1. The average Bonchev–Trinajstić information content (AvgIpc) is 2.38. The summed E-state index contributed by atoms with van der Waals surface area (Å²) < 4.78 is 0. The van der Waals surface area contributed by atoms with Crippen LogP contribution >= 0.6 is 0 Å². The summed E-state index contributed by atoms with van der Waals surface area (Å²) in [4.78, 5) is 4.01. The van der Waals surface area contributed by atoms with Gasteiger partial charge in [-0.15, -0.1) is 0 Å². The normalized spacial score (nSPS) is 21.5. The fourth-order valence-corrected chi connectivity index (χ4v) is 1.30. The van der Waals surface area contributed by atoms with Gasteiger partial charge in [0.2, 0.25) is 0 Å². The maximum Gasteiger partial charge on any atom is 0.140 e. The van der Waals surface area contributed by atoms with Crippen LogP contribution in [0.1, 0.15) is 26.2 Å². The van der Waals surface area contributed by atoms with E-state index in [1.807, 2.05) is 6.07 Å². The monoisotopic (exact) mass is 179 g/mol. The fourth-order valence-electron chi connectivity index (χ4n) is 1.30. The van der Waals surface area contributed by atoms with Crippen LogP contribution < -0.4 is 5.73 Å². The van der Waals surface area contributed by atoms with Crippen LogP contribution in [0.2, 0.25) is 0 Å². The van der Waals surface area contributed by atoms with Gasteiger partial charge in [0.1, 0.15) is 29.3 Å². The van der Waals surface area contributed by atoms with Crippen LogP contribution in [0.15, 0.2) is 16.3 Å². The zero-order chi connectivity index (χ0) is 9.84. The van der Waals surface area contributed by atoms with E-state index < -0.39 is 0 Å². The molecule has 4 heteroatoms. The van der Waals surface area contributed by atoms with Crippen LogP contribution in [0.25, 0.3) is 0 Å². The van der Waals surface area contributed by atoms with Crippen LogP contribution in [0.4, 0.5) is 0 Å². The lowest BCUT2D eigenvalue weighted by atomic mass is 10.1. The van der Waals surface area contributed by atoms with Gasteiger partial charge in [-0.25, -0.2) is 0 Å². The lowest BCUT2D eigenvalue weighted by molar-refractivity contribution is 0.361. The molecule has 3 N–H and O–H groups in total. The van der Waals surface area contributed by atoms with Crippen LogP contribution in [0, 0.1) is 11.3 Å². The van der Waals surface area contributed by atoms with Crippen LogP contribution in [0.3, 0.4) is 0 Å². The van der Waals surface area contributed by atoms with Crippen molar-refractivity contribution in [3.8, 4) is 6.07 Å².